The molecule has 1 fully saturated rings. The summed E-state index contributed by atoms with van der Waals surface area (Å²) in [6.45, 7) is 10.8. The van der Waals surface area contributed by atoms with Crippen LogP contribution in [0.25, 0.3) is 0 Å². The van der Waals surface area contributed by atoms with Gasteiger partial charge in [0.2, 0.25) is 0 Å². The third kappa shape index (κ3) is 2.07. The van der Waals surface area contributed by atoms with Crippen LogP contribution in [0.2, 0.25) is 0 Å². The number of carbonyl (C=O) groups excluding carboxylic acids is 1. The molecule has 0 heterocycles. The van der Waals surface area contributed by atoms with Crippen LogP contribution in [-0.2, 0) is 20.4 Å². The highest BCUT2D eigenvalue weighted by Crippen LogP contribution is 2.64. The molecule has 0 amide bonds. The molecule has 0 spiro atoms. The van der Waals surface area contributed by atoms with Crippen molar-refractivity contribution < 1.29 is 9.53 Å². The van der Waals surface area contributed by atoms with Crippen LogP contribution in [0.4, 0.5) is 0 Å². The Kier molecular flexibility index (Phi) is 3.04. The predicted octanol–water partition coefficient (Wildman–Crippen LogP) is 3.82. The maximum absolute atomic E-state index is 12.2. The van der Waals surface area contributed by atoms with Gasteiger partial charge in [0, 0.05) is 0 Å². The molecule has 19 heavy (non-hydrogen) atoms. The Balaban J connectivity index is 2.39. The third-order valence-electron chi connectivity index (χ3n) is 4.52. The largest absolute Gasteiger partial charge is 0.468 e. The number of esters is 1. The van der Waals surface area contributed by atoms with E-state index in [0.717, 1.165) is 12.0 Å². The number of hydrogen-bond acceptors (Lipinski definition) is 2. The fourth-order valence-corrected chi connectivity index (χ4v) is 3.01. The zero-order valence-corrected chi connectivity index (χ0v) is 12.8. The highest BCUT2D eigenvalue weighted by Gasteiger charge is 2.68. The summed E-state index contributed by atoms with van der Waals surface area (Å²) in [5, 5.41) is 0. The van der Waals surface area contributed by atoms with Crippen LogP contribution < -0.4 is 0 Å². The van der Waals surface area contributed by atoms with Crippen molar-refractivity contribution in [3.8, 4) is 0 Å². The summed E-state index contributed by atoms with van der Waals surface area (Å²) in [6, 6.07) is 8.45. The van der Waals surface area contributed by atoms with Gasteiger partial charge >= 0.3 is 5.97 Å². The van der Waals surface area contributed by atoms with E-state index in [1.165, 1.54) is 12.7 Å². The van der Waals surface area contributed by atoms with Gasteiger partial charge in [-0.25, -0.2) is 0 Å². The molecule has 0 N–H and O–H groups in total. The normalized spacial score (nSPS) is 24.9. The number of hydrogen-bond donors (Lipinski definition) is 0. The van der Waals surface area contributed by atoms with Crippen LogP contribution in [0.3, 0.4) is 0 Å². The second-order valence-electron chi connectivity index (χ2n) is 7.28. The minimum Gasteiger partial charge on any atom is -0.468 e. The molecule has 1 aliphatic rings. The van der Waals surface area contributed by atoms with Crippen molar-refractivity contribution in [2.24, 2.45) is 5.41 Å². The Morgan fingerprint density at radius 1 is 1.16 bits per heavy atom. The summed E-state index contributed by atoms with van der Waals surface area (Å²) in [4.78, 5) is 12.2. The molecule has 1 aromatic rings. The van der Waals surface area contributed by atoms with Gasteiger partial charge in [0.15, 0.2) is 0 Å². The minimum atomic E-state index is -0.446. The predicted molar refractivity (Wildman–Crippen MR) is 77.2 cm³/mol. The molecule has 0 aliphatic heterocycles. The van der Waals surface area contributed by atoms with Gasteiger partial charge in [0.05, 0.1) is 12.5 Å². The third-order valence-corrected chi connectivity index (χ3v) is 4.52. The first-order chi connectivity index (χ1) is 8.65. The number of methoxy groups -OCH3 is 1. The summed E-state index contributed by atoms with van der Waals surface area (Å²) >= 11 is 0. The van der Waals surface area contributed by atoms with Gasteiger partial charge in [-0.2, -0.15) is 0 Å². The van der Waals surface area contributed by atoms with E-state index in [1.807, 2.05) is 0 Å². The summed E-state index contributed by atoms with van der Waals surface area (Å²) in [7, 11) is 1.47. The quantitative estimate of drug-likeness (QED) is 0.755. The molecular weight excluding hydrogens is 236 g/mol. The first kappa shape index (κ1) is 14.1. The Morgan fingerprint density at radius 3 is 1.95 bits per heavy atom. The number of rotatable bonds is 2. The summed E-state index contributed by atoms with van der Waals surface area (Å²) < 4.78 is 5.03. The topological polar surface area (TPSA) is 26.3 Å². The fraction of sp³-hybridized carbons (Fsp3) is 0.588. The molecule has 2 rings (SSSR count). The number of carbonyl (C=O) groups is 1. The van der Waals surface area contributed by atoms with E-state index in [2.05, 4.69) is 58.9 Å². The second kappa shape index (κ2) is 4.09. The van der Waals surface area contributed by atoms with Crippen LogP contribution in [0, 0.1) is 5.41 Å². The van der Waals surface area contributed by atoms with Gasteiger partial charge in [-0.05, 0) is 28.4 Å². The highest BCUT2D eigenvalue weighted by molar-refractivity contribution is 5.88. The Bertz CT molecular complexity index is 491. The van der Waals surface area contributed by atoms with E-state index in [0.29, 0.717) is 0 Å². The summed E-state index contributed by atoms with van der Waals surface area (Å²) in [5.74, 6) is -0.110. The highest BCUT2D eigenvalue weighted by atomic mass is 16.5. The van der Waals surface area contributed by atoms with Crippen LogP contribution in [0.1, 0.15) is 52.2 Å². The fourth-order valence-electron chi connectivity index (χ4n) is 3.01. The first-order valence-electron chi connectivity index (χ1n) is 6.84. The maximum atomic E-state index is 12.2. The molecule has 2 nitrogen and oxygen atoms in total. The molecule has 2 heteroatoms. The zero-order chi connectivity index (χ0) is 14.5. The summed E-state index contributed by atoms with van der Waals surface area (Å²) in [5.41, 5.74) is 2.05. The van der Waals surface area contributed by atoms with Crippen molar-refractivity contribution in [3.05, 3.63) is 35.4 Å². The lowest BCUT2D eigenvalue weighted by Crippen LogP contribution is -2.27. The molecule has 1 aromatic carbocycles. The molecule has 1 unspecified atom stereocenters. The molecule has 0 aromatic heterocycles. The van der Waals surface area contributed by atoms with Gasteiger partial charge in [-0.1, -0.05) is 58.9 Å². The van der Waals surface area contributed by atoms with Crippen molar-refractivity contribution >= 4 is 5.97 Å². The first-order valence-corrected chi connectivity index (χ1v) is 6.84. The van der Waals surface area contributed by atoms with Crippen molar-refractivity contribution in [1.29, 1.82) is 0 Å². The van der Waals surface area contributed by atoms with Crippen LogP contribution >= 0.6 is 0 Å². The van der Waals surface area contributed by atoms with Gasteiger partial charge < -0.3 is 4.74 Å². The van der Waals surface area contributed by atoms with Crippen LogP contribution in [0.5, 0.6) is 0 Å². The number of ether oxygens (including phenoxy) is 1. The monoisotopic (exact) mass is 260 g/mol. The minimum absolute atomic E-state index is 0.0106. The molecule has 0 radical (unpaired) electrons. The Labute approximate surface area is 116 Å². The van der Waals surface area contributed by atoms with E-state index < -0.39 is 5.41 Å². The van der Waals surface area contributed by atoms with Crippen molar-refractivity contribution in [2.75, 3.05) is 7.11 Å². The molecule has 1 saturated carbocycles. The van der Waals surface area contributed by atoms with Crippen molar-refractivity contribution in [1.82, 2.24) is 0 Å². The average Bonchev–Trinajstić information content (AvgIpc) is 2.92. The van der Waals surface area contributed by atoms with Crippen molar-refractivity contribution in [2.45, 2.75) is 51.9 Å². The maximum Gasteiger partial charge on any atom is 0.316 e. The molecular formula is C17H24O2. The van der Waals surface area contributed by atoms with E-state index in [1.54, 1.807) is 0 Å². The van der Waals surface area contributed by atoms with E-state index in [9.17, 15) is 4.79 Å². The standard InChI is InChI=1S/C17H24O2/c1-15(2,3)12-7-9-13(10-8-12)17(14(18)19-6)11-16(17,4)5/h7-10H,11H2,1-6H3. The smallest absolute Gasteiger partial charge is 0.316 e. The average molecular weight is 260 g/mol. The lowest BCUT2D eigenvalue weighted by Gasteiger charge is -2.22. The SMILES string of the molecule is COC(=O)C1(c2ccc(C(C)(C)C)cc2)CC1(C)C. The van der Waals surface area contributed by atoms with Gasteiger partial charge in [0.25, 0.3) is 0 Å². The lowest BCUT2D eigenvalue weighted by atomic mass is 9.83. The van der Waals surface area contributed by atoms with Crippen LogP contribution in [0.15, 0.2) is 24.3 Å². The lowest BCUT2D eigenvalue weighted by molar-refractivity contribution is -0.144. The molecule has 1 aliphatic carbocycles. The van der Waals surface area contributed by atoms with E-state index in [4.69, 9.17) is 4.74 Å². The molecule has 1 atom stereocenters. The Morgan fingerprint density at radius 2 is 1.63 bits per heavy atom. The van der Waals surface area contributed by atoms with E-state index in [-0.39, 0.29) is 16.8 Å². The van der Waals surface area contributed by atoms with Crippen LogP contribution in [-0.4, -0.2) is 13.1 Å². The number of benzene rings is 1. The second-order valence-corrected chi connectivity index (χ2v) is 7.28. The van der Waals surface area contributed by atoms with Crippen molar-refractivity contribution in [3.63, 3.8) is 0 Å². The van der Waals surface area contributed by atoms with Gasteiger partial charge in [-0.3, -0.25) is 4.79 Å². The summed E-state index contributed by atoms with van der Waals surface area (Å²) in [6.07, 6.45) is 0.863. The van der Waals surface area contributed by atoms with E-state index >= 15 is 0 Å². The molecule has 104 valence electrons. The molecule has 0 saturated heterocycles. The van der Waals surface area contributed by atoms with Gasteiger partial charge in [0.1, 0.15) is 0 Å². The van der Waals surface area contributed by atoms with Gasteiger partial charge in [-0.15, -0.1) is 0 Å². The Hall–Kier alpha value is -1.31. The molecule has 0 bridgehead atoms. The zero-order valence-electron chi connectivity index (χ0n) is 12.8.